The molecule has 1 fully saturated rings. The monoisotopic (exact) mass is 368 g/mol. The van der Waals surface area contributed by atoms with Gasteiger partial charge in [-0.3, -0.25) is 5.32 Å². The van der Waals surface area contributed by atoms with Crippen molar-refractivity contribution < 1.29 is 24.1 Å². The summed E-state index contributed by atoms with van der Waals surface area (Å²) in [7, 11) is 0. The number of amides is 2. The van der Waals surface area contributed by atoms with E-state index in [-0.39, 0.29) is 18.3 Å². The third-order valence-electron chi connectivity index (χ3n) is 3.74. The van der Waals surface area contributed by atoms with E-state index in [1.807, 2.05) is 0 Å². The quantitative estimate of drug-likeness (QED) is 0.630. The maximum Gasteiger partial charge on any atom is 0.321 e. The number of urea groups is 1. The standard InChI is InChI=1S/C15H17FN4O4S/c16-9-4-2-1-3-8(9)6-17-14(23)18-15-20-19-13(25-15)11-5-10(22)12(7-21)24-11/h1-4,10-12,21-22H,5-7H2,(H2,17,18,20,23)/t10-,11+,12+/m0/s1. The first kappa shape index (κ1) is 17.7. The van der Waals surface area contributed by atoms with Gasteiger partial charge < -0.3 is 20.3 Å². The van der Waals surface area contributed by atoms with Gasteiger partial charge in [0.1, 0.15) is 23.0 Å². The van der Waals surface area contributed by atoms with Crippen LogP contribution in [0.25, 0.3) is 0 Å². The molecule has 25 heavy (non-hydrogen) atoms. The lowest BCUT2D eigenvalue weighted by Crippen LogP contribution is -2.28. The topological polar surface area (TPSA) is 117 Å². The Labute approximate surface area is 146 Å². The van der Waals surface area contributed by atoms with Gasteiger partial charge in [-0.15, -0.1) is 10.2 Å². The van der Waals surface area contributed by atoms with E-state index in [9.17, 15) is 14.3 Å². The maximum absolute atomic E-state index is 13.5. The normalized spacial score (nSPS) is 22.8. The van der Waals surface area contributed by atoms with Gasteiger partial charge in [-0.1, -0.05) is 29.5 Å². The number of hydrogen-bond acceptors (Lipinski definition) is 7. The zero-order valence-electron chi connectivity index (χ0n) is 13.1. The summed E-state index contributed by atoms with van der Waals surface area (Å²) in [5.74, 6) is -0.392. The van der Waals surface area contributed by atoms with Gasteiger partial charge >= 0.3 is 6.03 Å². The minimum atomic E-state index is -0.764. The average molecular weight is 368 g/mol. The maximum atomic E-state index is 13.5. The van der Waals surface area contributed by atoms with Crippen molar-refractivity contribution in [3.63, 3.8) is 0 Å². The number of anilines is 1. The largest absolute Gasteiger partial charge is 0.394 e. The summed E-state index contributed by atoms with van der Waals surface area (Å²) in [5, 5.41) is 32.4. The van der Waals surface area contributed by atoms with Crippen LogP contribution in [-0.4, -0.2) is 45.3 Å². The Bertz CT molecular complexity index is 744. The SMILES string of the molecule is O=C(NCc1ccccc1F)Nc1nnc([C@H]2C[C@H](O)[C@@H](CO)O2)s1. The molecule has 0 unspecified atom stereocenters. The molecule has 1 aromatic carbocycles. The van der Waals surface area contributed by atoms with E-state index < -0.39 is 30.2 Å². The van der Waals surface area contributed by atoms with E-state index in [4.69, 9.17) is 9.84 Å². The van der Waals surface area contributed by atoms with Crippen molar-refractivity contribution in [1.82, 2.24) is 15.5 Å². The van der Waals surface area contributed by atoms with Gasteiger partial charge in [-0.25, -0.2) is 9.18 Å². The molecule has 0 saturated carbocycles. The first-order valence-electron chi connectivity index (χ1n) is 7.63. The lowest BCUT2D eigenvalue weighted by Gasteiger charge is -2.09. The van der Waals surface area contributed by atoms with Crippen molar-refractivity contribution >= 4 is 22.5 Å². The molecule has 3 atom stereocenters. The van der Waals surface area contributed by atoms with Crippen molar-refractivity contribution in [2.45, 2.75) is 31.3 Å². The third kappa shape index (κ3) is 4.28. The van der Waals surface area contributed by atoms with Crippen LogP contribution in [0.2, 0.25) is 0 Å². The Balaban J connectivity index is 1.53. The van der Waals surface area contributed by atoms with E-state index in [1.165, 1.54) is 6.07 Å². The first-order chi connectivity index (χ1) is 12.1. The molecule has 2 aromatic rings. The molecule has 10 heteroatoms. The fourth-order valence-electron chi connectivity index (χ4n) is 2.43. The number of aliphatic hydroxyl groups is 2. The fraction of sp³-hybridized carbons (Fsp3) is 0.400. The number of hydrogen-bond donors (Lipinski definition) is 4. The van der Waals surface area contributed by atoms with Gasteiger partial charge in [0.2, 0.25) is 5.13 Å². The van der Waals surface area contributed by atoms with Gasteiger partial charge in [0.15, 0.2) is 0 Å². The highest BCUT2D eigenvalue weighted by Gasteiger charge is 2.36. The van der Waals surface area contributed by atoms with Crippen molar-refractivity contribution in [2.24, 2.45) is 0 Å². The molecule has 2 amide bonds. The van der Waals surface area contributed by atoms with Crippen LogP contribution >= 0.6 is 11.3 Å². The summed E-state index contributed by atoms with van der Waals surface area (Å²) in [6, 6.07) is 5.63. The molecule has 134 valence electrons. The number of aromatic nitrogens is 2. The van der Waals surface area contributed by atoms with E-state index >= 15 is 0 Å². The number of nitrogens with zero attached hydrogens (tertiary/aromatic N) is 2. The van der Waals surface area contributed by atoms with Crippen LogP contribution in [0.1, 0.15) is 23.1 Å². The number of carbonyl (C=O) groups is 1. The molecule has 1 aromatic heterocycles. The molecule has 4 N–H and O–H groups in total. The molecule has 0 aliphatic carbocycles. The molecule has 0 bridgehead atoms. The Morgan fingerprint density at radius 3 is 2.92 bits per heavy atom. The van der Waals surface area contributed by atoms with Crippen molar-refractivity contribution in [3.05, 3.63) is 40.7 Å². The summed E-state index contributed by atoms with van der Waals surface area (Å²) >= 11 is 1.11. The Kier molecular flexibility index (Phi) is 5.53. The molecule has 8 nitrogen and oxygen atoms in total. The zero-order valence-corrected chi connectivity index (χ0v) is 13.9. The number of halogens is 1. The highest BCUT2D eigenvalue weighted by atomic mass is 32.1. The van der Waals surface area contributed by atoms with Gasteiger partial charge in [0.25, 0.3) is 0 Å². The Morgan fingerprint density at radius 1 is 1.40 bits per heavy atom. The van der Waals surface area contributed by atoms with Gasteiger partial charge in [-0.2, -0.15) is 0 Å². The lowest BCUT2D eigenvalue weighted by atomic mass is 10.1. The summed E-state index contributed by atoms with van der Waals surface area (Å²) in [6.45, 7) is -0.236. The molecule has 0 radical (unpaired) electrons. The third-order valence-corrected chi connectivity index (χ3v) is 4.67. The highest BCUT2D eigenvalue weighted by Crippen LogP contribution is 2.35. The number of benzene rings is 1. The van der Waals surface area contributed by atoms with Gasteiger partial charge in [-0.05, 0) is 6.07 Å². The Morgan fingerprint density at radius 2 is 2.20 bits per heavy atom. The molecule has 0 spiro atoms. The van der Waals surface area contributed by atoms with Gasteiger partial charge in [0, 0.05) is 18.5 Å². The van der Waals surface area contributed by atoms with Crippen molar-refractivity contribution in [1.29, 1.82) is 0 Å². The number of rotatable bonds is 5. The smallest absolute Gasteiger partial charge is 0.321 e. The molecule has 1 saturated heterocycles. The van der Waals surface area contributed by atoms with E-state index in [0.717, 1.165) is 11.3 Å². The molecular formula is C15H17FN4O4S. The summed E-state index contributed by atoms with van der Waals surface area (Å²) in [5.41, 5.74) is 0.374. The van der Waals surface area contributed by atoms with E-state index in [2.05, 4.69) is 20.8 Å². The van der Waals surface area contributed by atoms with E-state index in [0.29, 0.717) is 17.0 Å². The second-order valence-corrected chi connectivity index (χ2v) is 6.50. The molecular weight excluding hydrogens is 351 g/mol. The molecule has 1 aliphatic heterocycles. The van der Waals surface area contributed by atoms with Gasteiger partial charge in [0.05, 0.1) is 12.7 Å². The number of aliphatic hydroxyl groups excluding tert-OH is 2. The Hall–Kier alpha value is -2.14. The number of carbonyl (C=O) groups excluding carboxylic acids is 1. The van der Waals surface area contributed by atoms with Crippen LogP contribution in [-0.2, 0) is 11.3 Å². The predicted octanol–water partition coefficient (Wildman–Crippen LogP) is 1.18. The highest BCUT2D eigenvalue weighted by molar-refractivity contribution is 7.15. The molecule has 1 aliphatic rings. The molecule has 3 rings (SSSR count). The van der Waals surface area contributed by atoms with Crippen molar-refractivity contribution in [2.75, 3.05) is 11.9 Å². The van der Waals surface area contributed by atoms with E-state index in [1.54, 1.807) is 18.2 Å². The van der Waals surface area contributed by atoms with Crippen LogP contribution < -0.4 is 10.6 Å². The lowest BCUT2D eigenvalue weighted by molar-refractivity contribution is -0.0227. The average Bonchev–Trinajstić information content (AvgIpc) is 3.20. The second kappa shape index (κ2) is 7.83. The minimum absolute atomic E-state index is 0.0419. The summed E-state index contributed by atoms with van der Waals surface area (Å²) in [6.07, 6.45) is -1.57. The van der Waals surface area contributed by atoms with Crippen LogP contribution in [0.3, 0.4) is 0 Å². The fourth-order valence-corrected chi connectivity index (χ4v) is 3.21. The number of ether oxygens (including phenoxy) is 1. The van der Waals surface area contributed by atoms with Crippen LogP contribution in [0.4, 0.5) is 14.3 Å². The van der Waals surface area contributed by atoms with Crippen LogP contribution in [0.5, 0.6) is 0 Å². The minimum Gasteiger partial charge on any atom is -0.394 e. The second-order valence-electron chi connectivity index (χ2n) is 5.49. The number of nitrogens with one attached hydrogen (secondary N) is 2. The van der Waals surface area contributed by atoms with Crippen molar-refractivity contribution in [3.8, 4) is 0 Å². The zero-order chi connectivity index (χ0) is 17.8. The summed E-state index contributed by atoms with van der Waals surface area (Å²) < 4.78 is 19.0. The predicted molar refractivity (Wildman–Crippen MR) is 87.5 cm³/mol. The molecule has 2 heterocycles. The first-order valence-corrected chi connectivity index (χ1v) is 8.44. The van der Waals surface area contributed by atoms with Crippen LogP contribution in [0.15, 0.2) is 24.3 Å². The van der Waals surface area contributed by atoms with Crippen LogP contribution in [0, 0.1) is 5.82 Å². The summed E-state index contributed by atoms with van der Waals surface area (Å²) in [4.78, 5) is 11.9.